The van der Waals surface area contributed by atoms with E-state index in [9.17, 15) is 0 Å². The molecule has 0 spiro atoms. The minimum Gasteiger partial charge on any atom is -0.365 e. The summed E-state index contributed by atoms with van der Waals surface area (Å²) in [6.07, 6.45) is 4.09. The second-order valence-electron chi connectivity index (χ2n) is 6.71. The summed E-state index contributed by atoms with van der Waals surface area (Å²) in [5, 5.41) is 0.788. The van der Waals surface area contributed by atoms with E-state index in [4.69, 9.17) is 11.6 Å². The molecule has 1 aromatic carbocycles. The van der Waals surface area contributed by atoms with Gasteiger partial charge in [0, 0.05) is 35.3 Å². The van der Waals surface area contributed by atoms with Gasteiger partial charge in [0.1, 0.15) is 0 Å². The lowest BCUT2D eigenvalue weighted by Gasteiger charge is -2.50. The summed E-state index contributed by atoms with van der Waals surface area (Å²) < 4.78 is 0.996. The maximum Gasteiger partial charge on any atom is 0.0549 e. The van der Waals surface area contributed by atoms with Crippen LogP contribution in [0.25, 0.3) is 0 Å². The summed E-state index contributed by atoms with van der Waals surface area (Å²) in [4.78, 5) is 5.33. The van der Waals surface area contributed by atoms with Crippen molar-refractivity contribution in [3.8, 4) is 0 Å². The van der Waals surface area contributed by atoms with Gasteiger partial charge in [-0.2, -0.15) is 0 Å². The van der Waals surface area contributed by atoms with Crippen molar-refractivity contribution in [1.82, 2.24) is 4.90 Å². The molecule has 0 bridgehead atoms. The first kappa shape index (κ1) is 15.6. The van der Waals surface area contributed by atoms with Crippen molar-refractivity contribution in [2.45, 2.75) is 45.2 Å². The van der Waals surface area contributed by atoms with Gasteiger partial charge in [0.05, 0.1) is 5.02 Å². The Balaban J connectivity index is 1.88. The molecule has 2 atom stereocenters. The predicted molar refractivity (Wildman–Crippen MR) is 94.3 cm³/mol. The number of hydrogen-bond donors (Lipinski definition) is 0. The number of fused-ring (bicyclic) bond motifs is 1. The summed E-state index contributed by atoms with van der Waals surface area (Å²) >= 11 is 9.73. The second-order valence-corrected chi connectivity index (χ2v) is 7.97. The van der Waals surface area contributed by atoms with Crippen molar-refractivity contribution in [3.05, 3.63) is 27.7 Å². The molecule has 2 nitrogen and oxygen atoms in total. The van der Waals surface area contributed by atoms with E-state index in [0.717, 1.165) is 22.1 Å². The molecule has 0 N–H and O–H groups in total. The quantitative estimate of drug-likeness (QED) is 0.736. The van der Waals surface area contributed by atoms with Crippen molar-refractivity contribution >= 4 is 33.2 Å². The monoisotopic (exact) mass is 370 g/mol. The maximum absolute atomic E-state index is 6.16. The highest BCUT2D eigenvalue weighted by molar-refractivity contribution is 9.10. The highest BCUT2D eigenvalue weighted by Gasteiger charge is 2.36. The zero-order valence-corrected chi connectivity index (χ0v) is 15.2. The van der Waals surface area contributed by atoms with Crippen LogP contribution in [-0.2, 0) is 0 Å². The van der Waals surface area contributed by atoms with Crippen LogP contribution in [0, 0.1) is 5.92 Å². The molecule has 2 heterocycles. The van der Waals surface area contributed by atoms with Gasteiger partial charge < -0.3 is 4.90 Å². The predicted octanol–water partition coefficient (Wildman–Crippen LogP) is 4.80. The molecule has 2 aliphatic heterocycles. The number of halogens is 2. The lowest BCUT2D eigenvalue weighted by Crippen LogP contribution is -2.61. The average molecular weight is 372 g/mol. The molecule has 0 aromatic heterocycles. The third-order valence-corrected chi connectivity index (χ3v) is 6.20. The molecular formula is C17H24BrClN2. The molecule has 0 saturated carbocycles. The smallest absolute Gasteiger partial charge is 0.0549 e. The van der Waals surface area contributed by atoms with Crippen LogP contribution in [0.3, 0.4) is 0 Å². The minimum atomic E-state index is 0.590. The first-order chi connectivity index (χ1) is 10.1. The zero-order chi connectivity index (χ0) is 15.0. The van der Waals surface area contributed by atoms with Crippen molar-refractivity contribution in [2.24, 2.45) is 5.92 Å². The third kappa shape index (κ3) is 3.25. The molecule has 0 aliphatic carbocycles. The van der Waals surface area contributed by atoms with Crippen LogP contribution < -0.4 is 4.90 Å². The van der Waals surface area contributed by atoms with E-state index in [1.807, 2.05) is 6.07 Å². The zero-order valence-electron chi connectivity index (χ0n) is 12.9. The lowest BCUT2D eigenvalue weighted by molar-refractivity contribution is 0.100. The van der Waals surface area contributed by atoms with Gasteiger partial charge in [0.25, 0.3) is 0 Å². The van der Waals surface area contributed by atoms with E-state index in [1.54, 1.807) is 0 Å². The second kappa shape index (κ2) is 6.47. The van der Waals surface area contributed by atoms with Gasteiger partial charge in [-0.1, -0.05) is 31.9 Å². The fraction of sp³-hybridized carbons (Fsp3) is 0.647. The Kier molecular flexibility index (Phi) is 4.82. The Morgan fingerprint density at radius 2 is 2.05 bits per heavy atom. The molecule has 0 radical (unpaired) electrons. The Morgan fingerprint density at radius 3 is 2.76 bits per heavy atom. The average Bonchev–Trinajstić information content (AvgIpc) is 2.48. The van der Waals surface area contributed by atoms with Gasteiger partial charge >= 0.3 is 0 Å². The Hall–Kier alpha value is -0.250. The van der Waals surface area contributed by atoms with E-state index >= 15 is 0 Å². The van der Waals surface area contributed by atoms with Crippen LogP contribution in [0.4, 0.5) is 5.69 Å². The lowest BCUT2D eigenvalue weighted by atomic mass is 9.91. The minimum absolute atomic E-state index is 0.590. The molecule has 2 fully saturated rings. The van der Waals surface area contributed by atoms with Crippen LogP contribution >= 0.6 is 27.5 Å². The molecule has 1 aromatic rings. The van der Waals surface area contributed by atoms with Crippen LogP contribution in [0.2, 0.25) is 5.02 Å². The van der Waals surface area contributed by atoms with E-state index < -0.39 is 0 Å². The Bertz CT molecular complexity index is 506. The van der Waals surface area contributed by atoms with Gasteiger partial charge in [-0.15, -0.1) is 0 Å². The molecule has 2 unspecified atom stereocenters. The number of rotatable bonds is 2. The normalized spacial score (nSPS) is 27.0. The summed E-state index contributed by atoms with van der Waals surface area (Å²) in [6.45, 7) is 8.31. The molecule has 4 heteroatoms. The van der Waals surface area contributed by atoms with Crippen molar-refractivity contribution in [3.63, 3.8) is 0 Å². The fourth-order valence-corrected chi connectivity index (χ4v) is 4.22. The molecule has 3 rings (SSSR count). The SMILES string of the molecule is CC(C)C1CN2CCCCC2CN1c1ccc(Cl)c(Br)c1. The van der Waals surface area contributed by atoms with E-state index in [-0.39, 0.29) is 0 Å². The van der Waals surface area contributed by atoms with Crippen LogP contribution in [0.1, 0.15) is 33.1 Å². The number of hydrogen-bond acceptors (Lipinski definition) is 2. The summed E-state index contributed by atoms with van der Waals surface area (Å²) in [6, 6.07) is 7.67. The summed E-state index contributed by atoms with van der Waals surface area (Å²) in [7, 11) is 0. The van der Waals surface area contributed by atoms with Crippen molar-refractivity contribution in [1.29, 1.82) is 0 Å². The number of piperidine rings is 1. The van der Waals surface area contributed by atoms with Crippen LogP contribution in [0.15, 0.2) is 22.7 Å². The molecular weight excluding hydrogens is 348 g/mol. The standard InChI is InChI=1S/C17H24BrClN2/c1-12(2)17-11-20-8-4-3-5-14(20)10-21(17)13-6-7-16(19)15(18)9-13/h6-7,9,12,14,17H,3-5,8,10-11H2,1-2H3. The Morgan fingerprint density at radius 1 is 1.24 bits per heavy atom. The highest BCUT2D eigenvalue weighted by Crippen LogP contribution is 2.34. The van der Waals surface area contributed by atoms with E-state index in [0.29, 0.717) is 12.0 Å². The van der Waals surface area contributed by atoms with Gasteiger partial charge in [0.15, 0.2) is 0 Å². The molecule has 2 aliphatic rings. The Labute approximate surface area is 141 Å². The topological polar surface area (TPSA) is 6.48 Å². The van der Waals surface area contributed by atoms with Crippen molar-refractivity contribution in [2.75, 3.05) is 24.5 Å². The summed E-state index contributed by atoms with van der Waals surface area (Å²) in [5.74, 6) is 0.655. The summed E-state index contributed by atoms with van der Waals surface area (Å²) in [5.41, 5.74) is 1.30. The number of nitrogens with zero attached hydrogens (tertiary/aromatic N) is 2. The van der Waals surface area contributed by atoms with Gasteiger partial charge in [-0.3, -0.25) is 4.90 Å². The number of anilines is 1. The number of benzene rings is 1. The molecule has 0 amide bonds. The van der Waals surface area contributed by atoms with E-state index in [2.05, 4.69) is 51.7 Å². The van der Waals surface area contributed by atoms with Crippen molar-refractivity contribution < 1.29 is 0 Å². The van der Waals surface area contributed by atoms with Gasteiger partial charge in [0.2, 0.25) is 0 Å². The largest absolute Gasteiger partial charge is 0.365 e. The third-order valence-electron chi connectivity index (χ3n) is 4.98. The highest BCUT2D eigenvalue weighted by atomic mass is 79.9. The van der Waals surface area contributed by atoms with Crippen LogP contribution in [0.5, 0.6) is 0 Å². The first-order valence-electron chi connectivity index (χ1n) is 8.02. The number of piperazine rings is 1. The molecule has 116 valence electrons. The van der Waals surface area contributed by atoms with E-state index in [1.165, 1.54) is 38.0 Å². The van der Waals surface area contributed by atoms with Gasteiger partial charge in [-0.05, 0) is 59.4 Å². The molecule has 21 heavy (non-hydrogen) atoms. The fourth-order valence-electron chi connectivity index (χ4n) is 3.74. The maximum atomic E-state index is 6.16. The van der Waals surface area contributed by atoms with Crippen LogP contribution in [-0.4, -0.2) is 36.6 Å². The first-order valence-corrected chi connectivity index (χ1v) is 9.19. The van der Waals surface area contributed by atoms with Gasteiger partial charge in [-0.25, -0.2) is 0 Å². The molecule has 2 saturated heterocycles.